The van der Waals surface area contributed by atoms with Gasteiger partial charge >= 0.3 is 0 Å². The van der Waals surface area contributed by atoms with Crippen LogP contribution in [-0.2, 0) is 6.54 Å². The first-order chi connectivity index (χ1) is 8.84. The number of rotatable bonds is 3. The molecule has 18 heavy (non-hydrogen) atoms. The van der Waals surface area contributed by atoms with Gasteiger partial charge in [0.2, 0.25) is 0 Å². The average molecular weight is 275 g/mol. The van der Waals surface area contributed by atoms with Gasteiger partial charge in [0.1, 0.15) is 0 Å². The molecular weight excluding hydrogens is 266 g/mol. The van der Waals surface area contributed by atoms with Crippen LogP contribution in [0, 0.1) is 4.77 Å². The molecule has 5 nitrogen and oxygen atoms in total. The normalized spacial score (nSPS) is 10.7. The molecule has 3 aromatic rings. The van der Waals surface area contributed by atoms with Crippen LogP contribution >= 0.6 is 23.6 Å². The van der Waals surface area contributed by atoms with Gasteiger partial charge < -0.3 is 0 Å². The molecule has 0 spiro atoms. The first kappa shape index (κ1) is 11.2. The quantitative estimate of drug-likeness (QED) is 0.746. The maximum absolute atomic E-state index is 5.26. The van der Waals surface area contributed by atoms with Crippen LogP contribution in [-0.4, -0.2) is 24.7 Å². The van der Waals surface area contributed by atoms with Crippen LogP contribution in [0.4, 0.5) is 0 Å². The van der Waals surface area contributed by atoms with Crippen LogP contribution in [0.2, 0.25) is 0 Å². The van der Waals surface area contributed by atoms with Crippen LogP contribution in [0.25, 0.3) is 11.4 Å². The van der Waals surface area contributed by atoms with Crippen LogP contribution < -0.4 is 0 Å². The smallest absolute Gasteiger partial charge is 0.195 e. The number of aromatic amines is 1. The molecule has 0 aliphatic heterocycles. The molecule has 3 heterocycles. The van der Waals surface area contributed by atoms with Crippen molar-refractivity contribution in [3.05, 3.63) is 45.9 Å². The maximum Gasteiger partial charge on any atom is 0.195 e. The highest BCUT2D eigenvalue weighted by atomic mass is 32.1. The van der Waals surface area contributed by atoms with E-state index in [1.54, 1.807) is 23.7 Å². The van der Waals surface area contributed by atoms with Gasteiger partial charge in [-0.25, -0.2) is 0 Å². The second-order valence-electron chi connectivity index (χ2n) is 3.64. The lowest BCUT2D eigenvalue weighted by molar-refractivity contribution is 0.800. The number of pyridine rings is 1. The highest BCUT2D eigenvalue weighted by Gasteiger charge is 2.09. The summed E-state index contributed by atoms with van der Waals surface area (Å²) < 4.78 is 2.56. The Morgan fingerprint density at radius 1 is 1.28 bits per heavy atom. The lowest BCUT2D eigenvalue weighted by Gasteiger charge is -2.04. The zero-order valence-electron chi connectivity index (χ0n) is 9.28. The van der Waals surface area contributed by atoms with E-state index in [0.29, 0.717) is 11.3 Å². The monoisotopic (exact) mass is 275 g/mol. The second-order valence-corrected chi connectivity index (χ2v) is 5.00. The largest absolute Gasteiger partial charge is 0.295 e. The van der Waals surface area contributed by atoms with E-state index in [0.717, 1.165) is 16.3 Å². The molecule has 0 unspecified atom stereocenters. The summed E-state index contributed by atoms with van der Waals surface area (Å²) in [6.45, 7) is 0.678. The van der Waals surface area contributed by atoms with Crippen molar-refractivity contribution in [1.82, 2.24) is 24.7 Å². The molecule has 0 aromatic carbocycles. The molecule has 1 N–H and O–H groups in total. The Morgan fingerprint density at radius 3 is 2.83 bits per heavy atom. The van der Waals surface area contributed by atoms with E-state index < -0.39 is 0 Å². The minimum atomic E-state index is 0.607. The van der Waals surface area contributed by atoms with Crippen molar-refractivity contribution in [2.24, 2.45) is 0 Å². The summed E-state index contributed by atoms with van der Waals surface area (Å²) in [7, 11) is 0. The van der Waals surface area contributed by atoms with Crippen molar-refractivity contribution in [2.75, 3.05) is 0 Å². The third kappa shape index (κ3) is 2.09. The molecule has 0 atom stereocenters. The lowest BCUT2D eigenvalue weighted by Crippen LogP contribution is -2.01. The first-order valence-electron chi connectivity index (χ1n) is 5.27. The van der Waals surface area contributed by atoms with Crippen molar-refractivity contribution in [3.63, 3.8) is 0 Å². The highest BCUT2D eigenvalue weighted by molar-refractivity contribution is 7.71. The lowest BCUT2D eigenvalue weighted by atomic mass is 10.2. The molecule has 0 amide bonds. The molecule has 0 aliphatic carbocycles. The van der Waals surface area contributed by atoms with Crippen LogP contribution in [0.3, 0.4) is 0 Å². The van der Waals surface area contributed by atoms with Crippen LogP contribution in [0.15, 0.2) is 36.2 Å². The fraction of sp³-hybridized carbons (Fsp3) is 0.0909. The van der Waals surface area contributed by atoms with E-state index in [1.165, 1.54) is 0 Å². The van der Waals surface area contributed by atoms with Gasteiger partial charge in [-0.3, -0.25) is 19.6 Å². The van der Waals surface area contributed by atoms with Crippen molar-refractivity contribution in [1.29, 1.82) is 0 Å². The first-order valence-corrected chi connectivity index (χ1v) is 6.56. The van der Waals surface area contributed by atoms with Crippen molar-refractivity contribution >= 4 is 23.6 Å². The van der Waals surface area contributed by atoms with E-state index in [9.17, 15) is 0 Å². The zero-order chi connectivity index (χ0) is 12.4. The predicted octanol–water partition coefficient (Wildman–Crippen LogP) is 2.51. The number of thiazole rings is 1. The number of hydrogen-bond donors (Lipinski definition) is 1. The summed E-state index contributed by atoms with van der Waals surface area (Å²) in [5.74, 6) is 0.816. The SMILES string of the molecule is S=c1[nH]nc(-c2ccncc2)n1Cc1cncs1. The third-order valence-electron chi connectivity index (χ3n) is 2.49. The number of nitrogens with one attached hydrogen (secondary N) is 1. The highest BCUT2D eigenvalue weighted by Crippen LogP contribution is 2.18. The van der Waals surface area contributed by atoms with E-state index in [-0.39, 0.29) is 0 Å². The average Bonchev–Trinajstić information content (AvgIpc) is 3.03. The van der Waals surface area contributed by atoms with Crippen molar-refractivity contribution in [2.45, 2.75) is 6.54 Å². The molecular formula is C11H9N5S2. The van der Waals surface area contributed by atoms with Crippen LogP contribution in [0.5, 0.6) is 0 Å². The van der Waals surface area contributed by atoms with Gasteiger partial charge in [-0.1, -0.05) is 0 Å². The predicted molar refractivity (Wildman–Crippen MR) is 71.9 cm³/mol. The Labute approximate surface area is 112 Å². The molecule has 0 saturated carbocycles. The van der Waals surface area contributed by atoms with Gasteiger partial charge in [0, 0.05) is 29.0 Å². The maximum atomic E-state index is 5.26. The van der Waals surface area contributed by atoms with Gasteiger partial charge in [-0.05, 0) is 24.4 Å². The zero-order valence-corrected chi connectivity index (χ0v) is 10.9. The van der Waals surface area contributed by atoms with E-state index in [2.05, 4.69) is 20.2 Å². The molecule has 0 fully saturated rings. The molecule has 0 radical (unpaired) electrons. The van der Waals surface area contributed by atoms with E-state index in [1.807, 2.05) is 28.4 Å². The van der Waals surface area contributed by atoms with Gasteiger partial charge in [-0.2, -0.15) is 5.10 Å². The van der Waals surface area contributed by atoms with Gasteiger partial charge in [-0.15, -0.1) is 11.3 Å². The minimum absolute atomic E-state index is 0.607. The summed E-state index contributed by atoms with van der Waals surface area (Å²) in [6, 6.07) is 3.82. The molecule has 0 aliphatic rings. The molecule has 0 saturated heterocycles. The summed E-state index contributed by atoms with van der Waals surface area (Å²) >= 11 is 6.86. The van der Waals surface area contributed by atoms with E-state index in [4.69, 9.17) is 12.2 Å². The Balaban J connectivity index is 2.04. The summed E-state index contributed by atoms with van der Waals surface area (Å²) in [6.07, 6.45) is 5.32. The Bertz CT molecular complexity index is 684. The van der Waals surface area contributed by atoms with Crippen molar-refractivity contribution < 1.29 is 0 Å². The second kappa shape index (κ2) is 4.79. The Kier molecular flexibility index (Phi) is 2.99. The van der Waals surface area contributed by atoms with Crippen LogP contribution in [0.1, 0.15) is 4.88 Å². The number of aromatic nitrogens is 5. The summed E-state index contributed by atoms with van der Waals surface area (Å²) in [4.78, 5) is 9.21. The summed E-state index contributed by atoms with van der Waals surface area (Å²) in [5, 5.41) is 7.10. The molecule has 90 valence electrons. The summed E-state index contributed by atoms with van der Waals surface area (Å²) in [5.41, 5.74) is 2.80. The fourth-order valence-corrected chi connectivity index (χ4v) is 2.44. The van der Waals surface area contributed by atoms with Gasteiger partial charge in [0.05, 0.1) is 12.1 Å². The third-order valence-corrected chi connectivity index (χ3v) is 3.57. The molecule has 7 heteroatoms. The number of nitrogens with zero attached hydrogens (tertiary/aromatic N) is 4. The topological polar surface area (TPSA) is 59.4 Å². The molecule has 3 rings (SSSR count). The molecule has 0 bridgehead atoms. The fourth-order valence-electron chi connectivity index (χ4n) is 1.66. The van der Waals surface area contributed by atoms with Crippen molar-refractivity contribution in [3.8, 4) is 11.4 Å². The number of H-pyrrole nitrogens is 1. The standard InChI is InChI=1S/C11H9N5S2/c17-11-15-14-10(8-1-3-12-4-2-8)16(11)6-9-5-13-7-18-9/h1-5,7H,6H2,(H,15,17). The molecule has 3 aromatic heterocycles. The Hall–Kier alpha value is -1.86. The van der Waals surface area contributed by atoms with Gasteiger partial charge in [0.15, 0.2) is 10.6 Å². The van der Waals surface area contributed by atoms with Gasteiger partial charge in [0.25, 0.3) is 0 Å². The minimum Gasteiger partial charge on any atom is -0.295 e. The Morgan fingerprint density at radius 2 is 2.11 bits per heavy atom. The number of hydrogen-bond acceptors (Lipinski definition) is 5. The van der Waals surface area contributed by atoms with E-state index >= 15 is 0 Å².